The average molecular weight is 307 g/mol. The van der Waals surface area contributed by atoms with Gasteiger partial charge in [-0.15, -0.1) is 0 Å². The van der Waals surface area contributed by atoms with Gasteiger partial charge in [-0.2, -0.15) is 5.23 Å². The molecule has 1 unspecified atom stereocenters. The van der Waals surface area contributed by atoms with Gasteiger partial charge in [-0.3, -0.25) is 4.79 Å². The zero-order chi connectivity index (χ0) is 15.1. The van der Waals surface area contributed by atoms with Crippen LogP contribution in [0.25, 0.3) is 21.8 Å². The lowest BCUT2D eigenvalue weighted by molar-refractivity contribution is -0.990. The Bertz CT molecular complexity index is 905. The number of ether oxygens (including phenoxy) is 1. The number of aromatic amines is 1. The molecule has 0 amide bonds. The highest BCUT2D eigenvalue weighted by Crippen LogP contribution is 2.27. The van der Waals surface area contributed by atoms with E-state index in [0.717, 1.165) is 0 Å². The lowest BCUT2D eigenvalue weighted by atomic mass is 10.1. The van der Waals surface area contributed by atoms with Crippen molar-refractivity contribution in [3.05, 3.63) is 50.8 Å². The van der Waals surface area contributed by atoms with E-state index in [1.165, 1.54) is 19.2 Å². The number of hydrogen-bond acceptors (Lipinski definition) is 4. The van der Waals surface area contributed by atoms with Gasteiger partial charge in [0.1, 0.15) is 11.3 Å². The summed E-state index contributed by atoms with van der Waals surface area (Å²) in [6.45, 7) is 0. The summed E-state index contributed by atoms with van der Waals surface area (Å²) in [5, 5.41) is 20.2. The van der Waals surface area contributed by atoms with Crippen molar-refractivity contribution in [1.29, 1.82) is 0 Å². The van der Waals surface area contributed by atoms with Crippen molar-refractivity contribution in [2.75, 3.05) is 7.11 Å². The molecule has 0 radical (unpaired) electrons. The third kappa shape index (κ3) is 2.14. The highest BCUT2D eigenvalue weighted by molar-refractivity contribution is 6.36. The largest absolute Gasteiger partial charge is 0.595 e. The van der Waals surface area contributed by atoms with Crippen LogP contribution in [-0.2, 0) is 0 Å². The van der Waals surface area contributed by atoms with E-state index in [2.05, 4.69) is 4.98 Å². The number of pyridine rings is 1. The van der Waals surface area contributed by atoms with Crippen LogP contribution in [0.5, 0.6) is 5.75 Å². The van der Waals surface area contributed by atoms with Gasteiger partial charge >= 0.3 is 0 Å². The maximum absolute atomic E-state index is 12.6. The van der Waals surface area contributed by atoms with Crippen molar-refractivity contribution in [1.82, 2.24) is 4.98 Å². The Morgan fingerprint density at radius 1 is 1.33 bits per heavy atom. The molecule has 3 aromatic rings. The van der Waals surface area contributed by atoms with Crippen LogP contribution in [0.1, 0.15) is 0 Å². The second kappa shape index (κ2) is 5.01. The van der Waals surface area contributed by atoms with Gasteiger partial charge in [0.2, 0.25) is 0 Å². The van der Waals surface area contributed by atoms with Gasteiger partial charge in [-0.1, -0.05) is 11.6 Å². The van der Waals surface area contributed by atoms with Crippen molar-refractivity contribution in [3.8, 4) is 5.75 Å². The number of rotatable bonds is 2. The van der Waals surface area contributed by atoms with Crippen LogP contribution in [-0.4, -0.2) is 17.3 Å². The maximum atomic E-state index is 12.6. The number of H-pyrrole nitrogens is 1. The van der Waals surface area contributed by atoms with E-state index in [-0.39, 0.29) is 27.0 Å². The number of halogens is 1. The summed E-state index contributed by atoms with van der Waals surface area (Å²) in [7, 11) is 1.51. The van der Waals surface area contributed by atoms with E-state index < -0.39 is 5.23 Å². The Kier molecular flexibility index (Phi) is 3.30. The summed E-state index contributed by atoms with van der Waals surface area (Å²) in [5.41, 5.74) is 0.422. The molecule has 0 aliphatic heterocycles. The Morgan fingerprint density at radius 3 is 2.76 bits per heavy atom. The molecule has 2 aromatic carbocycles. The van der Waals surface area contributed by atoms with E-state index in [9.17, 15) is 15.2 Å². The number of quaternary nitrogens is 1. The van der Waals surface area contributed by atoms with Crippen molar-refractivity contribution >= 4 is 39.1 Å². The van der Waals surface area contributed by atoms with E-state index in [1.807, 2.05) is 0 Å². The van der Waals surface area contributed by atoms with Crippen LogP contribution in [0.15, 0.2) is 35.1 Å². The minimum absolute atomic E-state index is 0.00391. The van der Waals surface area contributed by atoms with Crippen LogP contribution >= 0.6 is 11.6 Å². The Hall–Kier alpha value is -2.12. The fourth-order valence-corrected chi connectivity index (χ4v) is 2.57. The Balaban J connectivity index is 2.52. The summed E-state index contributed by atoms with van der Waals surface area (Å²) in [4.78, 5) is 15.6. The Labute approximate surface area is 123 Å². The van der Waals surface area contributed by atoms with E-state index in [4.69, 9.17) is 16.3 Å². The monoisotopic (exact) mass is 306 g/mol. The standard InChI is InChI=1S/C14H11ClN2O4/c1-21-7-2-4-10-8(6-7)14(18)12-9(15)3-5-11(17(19)20)13(12)16-10/h2-6,17,19H,1H3,(H,16,18). The first kappa shape index (κ1) is 13.8. The molecule has 0 spiro atoms. The molecule has 0 fully saturated rings. The van der Waals surface area contributed by atoms with Gasteiger partial charge in [0.05, 0.1) is 23.0 Å². The number of fused-ring (bicyclic) bond motifs is 2. The number of benzene rings is 2. The summed E-state index contributed by atoms with van der Waals surface area (Å²) >= 11 is 6.07. The first-order chi connectivity index (χ1) is 10.0. The van der Waals surface area contributed by atoms with Gasteiger partial charge in [-0.25, -0.2) is 5.21 Å². The van der Waals surface area contributed by atoms with Crippen molar-refractivity contribution in [2.45, 2.75) is 0 Å². The number of nitrogens with one attached hydrogen (secondary N) is 2. The topological polar surface area (TPSA) is 89.8 Å². The molecule has 3 rings (SSSR count). The Morgan fingerprint density at radius 2 is 2.10 bits per heavy atom. The minimum atomic E-state index is -1.12. The number of aromatic nitrogens is 1. The third-order valence-electron chi connectivity index (χ3n) is 3.34. The zero-order valence-corrected chi connectivity index (χ0v) is 11.7. The van der Waals surface area contributed by atoms with E-state index in [0.29, 0.717) is 16.7 Å². The molecule has 108 valence electrons. The summed E-state index contributed by atoms with van der Waals surface area (Å²) in [5.74, 6) is 0.540. The number of hydrogen-bond donors (Lipinski definition) is 3. The first-order valence-corrected chi connectivity index (χ1v) is 6.46. The molecule has 6 nitrogen and oxygen atoms in total. The zero-order valence-electron chi connectivity index (χ0n) is 10.9. The third-order valence-corrected chi connectivity index (χ3v) is 3.66. The molecule has 1 heterocycles. The lowest BCUT2D eigenvalue weighted by Gasteiger charge is -2.15. The van der Waals surface area contributed by atoms with Gasteiger partial charge in [0, 0.05) is 11.5 Å². The molecular weight excluding hydrogens is 296 g/mol. The van der Waals surface area contributed by atoms with Gasteiger partial charge in [-0.05, 0) is 24.3 Å². The van der Waals surface area contributed by atoms with Crippen LogP contribution in [0.2, 0.25) is 5.02 Å². The molecule has 0 bridgehead atoms. The van der Waals surface area contributed by atoms with Crippen LogP contribution in [0.4, 0.5) is 5.69 Å². The molecule has 0 saturated carbocycles. The van der Waals surface area contributed by atoms with Crippen molar-refractivity contribution in [2.24, 2.45) is 0 Å². The summed E-state index contributed by atoms with van der Waals surface area (Å²) in [6.07, 6.45) is 0. The number of methoxy groups -OCH3 is 1. The molecule has 0 aliphatic rings. The fourth-order valence-electron chi connectivity index (χ4n) is 2.32. The fraction of sp³-hybridized carbons (Fsp3) is 0.0714. The normalized spacial score (nSPS) is 12.8. The second-order valence-corrected chi connectivity index (χ2v) is 4.92. The maximum Gasteiger partial charge on any atom is 0.199 e. The van der Waals surface area contributed by atoms with Gasteiger partial charge in [0.15, 0.2) is 11.1 Å². The predicted octanol–water partition coefficient (Wildman–Crippen LogP) is 1.75. The van der Waals surface area contributed by atoms with Gasteiger partial charge < -0.3 is 14.9 Å². The van der Waals surface area contributed by atoms with E-state index >= 15 is 0 Å². The predicted molar refractivity (Wildman–Crippen MR) is 79.4 cm³/mol. The van der Waals surface area contributed by atoms with Crippen molar-refractivity contribution < 1.29 is 15.2 Å². The second-order valence-electron chi connectivity index (χ2n) is 4.52. The molecule has 1 atom stereocenters. The van der Waals surface area contributed by atoms with Crippen LogP contribution in [0.3, 0.4) is 0 Å². The highest BCUT2D eigenvalue weighted by Gasteiger charge is 2.16. The van der Waals surface area contributed by atoms with E-state index in [1.54, 1.807) is 18.2 Å². The molecule has 1 aromatic heterocycles. The summed E-state index contributed by atoms with van der Waals surface area (Å²) in [6, 6.07) is 7.74. The smallest absolute Gasteiger partial charge is 0.199 e. The van der Waals surface area contributed by atoms with Gasteiger partial charge in [0.25, 0.3) is 0 Å². The average Bonchev–Trinajstić information content (AvgIpc) is 2.46. The lowest BCUT2D eigenvalue weighted by Crippen LogP contribution is -2.99. The molecule has 0 aliphatic carbocycles. The molecule has 0 saturated heterocycles. The van der Waals surface area contributed by atoms with Crippen LogP contribution < -0.4 is 15.4 Å². The molecule has 21 heavy (non-hydrogen) atoms. The van der Waals surface area contributed by atoms with Crippen molar-refractivity contribution in [3.63, 3.8) is 0 Å². The molecule has 7 heteroatoms. The molecule has 3 N–H and O–H groups in total. The highest BCUT2D eigenvalue weighted by atomic mass is 35.5. The minimum Gasteiger partial charge on any atom is -0.595 e. The SMILES string of the molecule is COc1ccc2[nH]c3c([NH+]([O-])O)ccc(Cl)c3c(=O)c2c1. The molecular formula is C14H11ClN2O4. The summed E-state index contributed by atoms with van der Waals surface area (Å²) < 4.78 is 5.10. The van der Waals surface area contributed by atoms with Crippen LogP contribution in [0, 0.1) is 5.21 Å². The first-order valence-electron chi connectivity index (χ1n) is 6.08. The quantitative estimate of drug-likeness (QED) is 0.497.